The number of hydrogen-bond acceptors (Lipinski definition) is 0. The van der Waals surface area contributed by atoms with Crippen LogP contribution in [0.1, 0.15) is 48.0 Å². The van der Waals surface area contributed by atoms with Crippen molar-refractivity contribution in [1.82, 2.24) is 0 Å². The molecule has 0 radical (unpaired) electrons. The summed E-state index contributed by atoms with van der Waals surface area (Å²) in [6, 6.07) is 0. The first-order chi connectivity index (χ1) is 7.29. The van der Waals surface area contributed by atoms with Crippen molar-refractivity contribution < 1.29 is 0 Å². The fourth-order valence-corrected chi connectivity index (χ4v) is 0.941. The van der Waals surface area contributed by atoms with E-state index in [9.17, 15) is 0 Å². The van der Waals surface area contributed by atoms with E-state index in [2.05, 4.69) is 26.2 Å². The Morgan fingerprint density at radius 2 is 1.33 bits per heavy atom. The van der Waals surface area contributed by atoms with Gasteiger partial charge in [-0.2, -0.15) is 0 Å². The average Bonchev–Trinajstić information content (AvgIpc) is 2.34. The van der Waals surface area contributed by atoms with Crippen molar-refractivity contribution in [2.24, 2.45) is 0 Å². The molecule has 0 aliphatic rings. The van der Waals surface area contributed by atoms with Crippen LogP contribution in [-0.2, 0) is 0 Å². The van der Waals surface area contributed by atoms with Crippen LogP contribution in [0.15, 0.2) is 48.6 Å². The summed E-state index contributed by atoms with van der Waals surface area (Å²) in [4.78, 5) is 0. The van der Waals surface area contributed by atoms with Crippen LogP contribution in [0, 0.1) is 0 Å². The van der Waals surface area contributed by atoms with Crippen molar-refractivity contribution in [3.8, 4) is 0 Å². The molecule has 0 saturated carbocycles. The maximum atomic E-state index is 3.74. The van der Waals surface area contributed by atoms with Gasteiger partial charge in [-0.1, -0.05) is 72.1 Å². The van der Waals surface area contributed by atoms with Crippen LogP contribution in [0.25, 0.3) is 0 Å². The van der Waals surface area contributed by atoms with Gasteiger partial charge in [0, 0.05) is 0 Å². The SMILES string of the molecule is C=CC(=C/C)/C(C=C)=C\CC.CC.CC. The lowest BCUT2D eigenvalue weighted by Crippen LogP contribution is -1.80. The van der Waals surface area contributed by atoms with Gasteiger partial charge in [0.1, 0.15) is 0 Å². The molecule has 0 nitrogen and oxygen atoms in total. The highest BCUT2D eigenvalue weighted by atomic mass is 14.0. The van der Waals surface area contributed by atoms with Gasteiger partial charge in [0.15, 0.2) is 0 Å². The van der Waals surface area contributed by atoms with Crippen LogP contribution in [0.2, 0.25) is 0 Å². The highest BCUT2D eigenvalue weighted by Gasteiger charge is 1.92. The molecular weight excluding hydrogens is 180 g/mol. The molecule has 0 rings (SSSR count). The Bertz CT molecular complexity index is 192. The second kappa shape index (κ2) is 18.7. The molecule has 0 saturated heterocycles. The summed E-state index contributed by atoms with van der Waals surface area (Å²) in [5.74, 6) is 0. The summed E-state index contributed by atoms with van der Waals surface area (Å²) < 4.78 is 0. The van der Waals surface area contributed by atoms with Crippen molar-refractivity contribution in [3.63, 3.8) is 0 Å². The Morgan fingerprint density at radius 3 is 1.53 bits per heavy atom. The minimum atomic E-state index is 1.03. The molecule has 88 valence electrons. The third-order valence-corrected chi connectivity index (χ3v) is 1.51. The topological polar surface area (TPSA) is 0 Å². The van der Waals surface area contributed by atoms with Crippen LogP contribution in [0.3, 0.4) is 0 Å². The van der Waals surface area contributed by atoms with E-state index < -0.39 is 0 Å². The van der Waals surface area contributed by atoms with E-state index in [-0.39, 0.29) is 0 Å². The average molecular weight is 208 g/mol. The van der Waals surface area contributed by atoms with Gasteiger partial charge in [-0.05, 0) is 24.5 Å². The Morgan fingerprint density at radius 1 is 0.933 bits per heavy atom. The molecule has 0 atom stereocenters. The smallest absolute Gasteiger partial charge is 0.0234 e. The maximum absolute atomic E-state index is 3.74. The van der Waals surface area contributed by atoms with E-state index in [1.54, 1.807) is 0 Å². The van der Waals surface area contributed by atoms with Gasteiger partial charge in [-0.15, -0.1) is 0 Å². The maximum Gasteiger partial charge on any atom is -0.0234 e. The van der Waals surface area contributed by atoms with Crippen molar-refractivity contribution in [1.29, 1.82) is 0 Å². The number of allylic oxidation sites excluding steroid dienone is 6. The van der Waals surface area contributed by atoms with E-state index in [1.165, 1.54) is 5.57 Å². The van der Waals surface area contributed by atoms with E-state index in [1.807, 2.05) is 52.8 Å². The standard InChI is InChI=1S/C11H16.2C2H6/c1-5-9-11(8-4)10(6-2)7-3;2*1-2/h6-9H,2,4-5H2,1,3H3;2*1-2H3/b10-7-,11-9-;;. The van der Waals surface area contributed by atoms with Gasteiger partial charge < -0.3 is 0 Å². The molecule has 0 aromatic heterocycles. The molecule has 0 spiro atoms. The zero-order valence-electron chi connectivity index (χ0n) is 11.4. The highest BCUT2D eigenvalue weighted by molar-refractivity contribution is 5.44. The summed E-state index contributed by atoms with van der Waals surface area (Å²) in [6.07, 6.45) is 8.93. The zero-order valence-corrected chi connectivity index (χ0v) is 11.4. The van der Waals surface area contributed by atoms with Crippen LogP contribution in [0.5, 0.6) is 0 Å². The molecule has 0 aromatic rings. The lowest BCUT2D eigenvalue weighted by Gasteiger charge is -2.00. The molecule has 15 heavy (non-hydrogen) atoms. The third-order valence-electron chi connectivity index (χ3n) is 1.51. The molecule has 0 amide bonds. The molecule has 0 heteroatoms. The molecule has 0 aromatic carbocycles. The fourth-order valence-electron chi connectivity index (χ4n) is 0.941. The lowest BCUT2D eigenvalue weighted by molar-refractivity contribution is 1.20. The number of hydrogen-bond donors (Lipinski definition) is 0. The van der Waals surface area contributed by atoms with E-state index in [0.29, 0.717) is 0 Å². The first-order valence-electron chi connectivity index (χ1n) is 5.91. The van der Waals surface area contributed by atoms with E-state index >= 15 is 0 Å². The van der Waals surface area contributed by atoms with Crippen molar-refractivity contribution in [3.05, 3.63) is 48.6 Å². The second-order valence-electron chi connectivity index (χ2n) is 2.22. The van der Waals surface area contributed by atoms with E-state index in [0.717, 1.165) is 12.0 Å². The molecule has 0 heterocycles. The zero-order chi connectivity index (χ0) is 12.7. The predicted molar refractivity (Wildman–Crippen MR) is 75.2 cm³/mol. The second-order valence-corrected chi connectivity index (χ2v) is 2.22. The molecule has 0 fully saturated rings. The van der Waals surface area contributed by atoms with Crippen LogP contribution < -0.4 is 0 Å². The Balaban J connectivity index is -0.000000318. The van der Waals surface area contributed by atoms with E-state index in [4.69, 9.17) is 0 Å². The third kappa shape index (κ3) is 10.9. The number of rotatable bonds is 4. The lowest BCUT2D eigenvalue weighted by atomic mass is 10.1. The molecule has 0 aliphatic carbocycles. The summed E-state index contributed by atoms with van der Waals surface area (Å²) in [6.45, 7) is 19.6. The summed E-state index contributed by atoms with van der Waals surface area (Å²) >= 11 is 0. The van der Waals surface area contributed by atoms with Gasteiger partial charge in [0.2, 0.25) is 0 Å². The van der Waals surface area contributed by atoms with Crippen LogP contribution >= 0.6 is 0 Å². The minimum Gasteiger partial charge on any atom is -0.0985 e. The molecular formula is C15H28. The van der Waals surface area contributed by atoms with Gasteiger partial charge in [0.25, 0.3) is 0 Å². The fraction of sp³-hybridized carbons (Fsp3) is 0.467. The van der Waals surface area contributed by atoms with Gasteiger partial charge in [-0.3, -0.25) is 0 Å². The first-order valence-corrected chi connectivity index (χ1v) is 5.91. The Hall–Kier alpha value is -1.04. The Kier molecular flexibility index (Phi) is 24.3. The van der Waals surface area contributed by atoms with Crippen LogP contribution in [0.4, 0.5) is 0 Å². The molecule has 0 N–H and O–H groups in total. The molecule has 0 aliphatic heterocycles. The summed E-state index contributed by atoms with van der Waals surface area (Å²) in [7, 11) is 0. The quantitative estimate of drug-likeness (QED) is 0.520. The monoisotopic (exact) mass is 208 g/mol. The predicted octanol–water partition coefficient (Wildman–Crippen LogP) is 5.69. The van der Waals surface area contributed by atoms with Crippen molar-refractivity contribution in [2.75, 3.05) is 0 Å². The summed E-state index contributed by atoms with van der Waals surface area (Å²) in [5.41, 5.74) is 2.33. The highest BCUT2D eigenvalue weighted by Crippen LogP contribution is 2.12. The molecule has 0 unspecified atom stereocenters. The largest absolute Gasteiger partial charge is 0.0985 e. The van der Waals surface area contributed by atoms with Crippen molar-refractivity contribution >= 4 is 0 Å². The minimum absolute atomic E-state index is 1.03. The van der Waals surface area contributed by atoms with Gasteiger partial charge in [0.05, 0.1) is 0 Å². The normalized spacial score (nSPS) is 10.3. The van der Waals surface area contributed by atoms with Crippen LogP contribution in [-0.4, -0.2) is 0 Å². The summed E-state index contributed by atoms with van der Waals surface area (Å²) in [5, 5.41) is 0. The molecule has 0 bridgehead atoms. The Labute approximate surface area is 97.1 Å². The van der Waals surface area contributed by atoms with Gasteiger partial charge in [-0.25, -0.2) is 0 Å². The van der Waals surface area contributed by atoms with Crippen molar-refractivity contribution in [2.45, 2.75) is 48.0 Å². The first kappa shape index (κ1) is 19.5. The van der Waals surface area contributed by atoms with Gasteiger partial charge >= 0.3 is 0 Å².